The number of aliphatic hydroxyl groups excluding tert-OH is 1. The molecule has 0 heterocycles. The second-order valence-corrected chi connectivity index (χ2v) is 6.84. The van der Waals surface area contributed by atoms with Crippen LogP contribution in [0, 0.1) is 5.92 Å². The Morgan fingerprint density at radius 2 is 1.14 bits per heavy atom. The molecule has 1 N–H and O–H groups in total. The lowest BCUT2D eigenvalue weighted by molar-refractivity contribution is 0.172. The van der Waals surface area contributed by atoms with E-state index >= 15 is 0 Å². The van der Waals surface area contributed by atoms with Gasteiger partial charge < -0.3 is 5.11 Å². The molecule has 1 atom stereocenters. The third-order valence-corrected chi connectivity index (χ3v) is 4.24. The quantitative estimate of drug-likeness (QED) is 0.265. The van der Waals surface area contributed by atoms with Gasteiger partial charge in [-0.1, -0.05) is 104 Å². The molecule has 0 aromatic rings. The summed E-state index contributed by atoms with van der Waals surface area (Å²) in [7, 11) is 0. The van der Waals surface area contributed by atoms with Crippen molar-refractivity contribution in [3.8, 4) is 0 Å². The molecule has 1 heteroatoms. The van der Waals surface area contributed by atoms with Crippen molar-refractivity contribution >= 4 is 0 Å². The topological polar surface area (TPSA) is 20.2 Å². The predicted octanol–water partition coefficient (Wildman–Crippen LogP) is 6.65. The summed E-state index contributed by atoms with van der Waals surface area (Å²) in [5, 5.41) is 9.63. The van der Waals surface area contributed by atoms with Crippen LogP contribution in [0.25, 0.3) is 0 Å². The van der Waals surface area contributed by atoms with E-state index in [1.165, 1.54) is 77.0 Å². The average molecular weight is 297 g/mol. The smallest absolute Gasteiger partial charge is 0.0743 e. The SMILES string of the molecule is CCCCCCCCCCCCCC/C=C/[C@@H](O)C(C)C. The lowest BCUT2D eigenvalue weighted by Crippen LogP contribution is -2.10. The van der Waals surface area contributed by atoms with E-state index in [1.54, 1.807) is 0 Å². The molecule has 0 amide bonds. The molecule has 21 heavy (non-hydrogen) atoms. The Kier molecular flexibility index (Phi) is 15.8. The highest BCUT2D eigenvalue weighted by atomic mass is 16.3. The maximum Gasteiger partial charge on any atom is 0.0743 e. The minimum absolute atomic E-state index is 0.262. The molecule has 0 aliphatic heterocycles. The van der Waals surface area contributed by atoms with Crippen LogP contribution in [0.1, 0.15) is 104 Å². The van der Waals surface area contributed by atoms with Crippen LogP contribution in [0.4, 0.5) is 0 Å². The molecule has 0 radical (unpaired) electrons. The van der Waals surface area contributed by atoms with Gasteiger partial charge in [0.2, 0.25) is 0 Å². The van der Waals surface area contributed by atoms with Crippen molar-refractivity contribution in [2.24, 2.45) is 5.92 Å². The van der Waals surface area contributed by atoms with Gasteiger partial charge >= 0.3 is 0 Å². The molecule has 0 aliphatic rings. The monoisotopic (exact) mass is 296 g/mol. The fraction of sp³-hybridized carbons (Fsp3) is 0.900. The number of rotatable bonds is 15. The summed E-state index contributed by atoms with van der Waals surface area (Å²) in [6.45, 7) is 6.39. The molecular formula is C20H40O. The lowest BCUT2D eigenvalue weighted by Gasteiger charge is -2.08. The van der Waals surface area contributed by atoms with Crippen LogP contribution in [-0.2, 0) is 0 Å². The largest absolute Gasteiger partial charge is 0.389 e. The van der Waals surface area contributed by atoms with E-state index in [2.05, 4.69) is 26.8 Å². The van der Waals surface area contributed by atoms with Crippen molar-refractivity contribution in [1.82, 2.24) is 0 Å². The van der Waals surface area contributed by atoms with Crippen LogP contribution < -0.4 is 0 Å². The summed E-state index contributed by atoms with van der Waals surface area (Å²) < 4.78 is 0. The zero-order valence-electron chi connectivity index (χ0n) is 14.9. The molecule has 0 saturated carbocycles. The predicted molar refractivity (Wildman–Crippen MR) is 95.7 cm³/mol. The van der Waals surface area contributed by atoms with Gasteiger partial charge in [-0.25, -0.2) is 0 Å². The van der Waals surface area contributed by atoms with Crippen molar-refractivity contribution < 1.29 is 5.11 Å². The zero-order valence-corrected chi connectivity index (χ0v) is 14.9. The molecule has 0 aliphatic carbocycles. The Balaban J connectivity index is 3.12. The summed E-state index contributed by atoms with van der Waals surface area (Å²) in [5.41, 5.74) is 0. The first-order chi connectivity index (χ1) is 10.2. The van der Waals surface area contributed by atoms with Gasteiger partial charge in [0.1, 0.15) is 0 Å². The normalized spacial score (nSPS) is 13.4. The number of hydrogen-bond donors (Lipinski definition) is 1. The Hall–Kier alpha value is -0.300. The van der Waals surface area contributed by atoms with E-state index in [9.17, 15) is 5.11 Å². The van der Waals surface area contributed by atoms with Gasteiger partial charge in [-0.2, -0.15) is 0 Å². The second kappa shape index (κ2) is 16.1. The fourth-order valence-corrected chi connectivity index (χ4v) is 2.56. The summed E-state index contributed by atoms with van der Waals surface area (Å²) in [4.78, 5) is 0. The van der Waals surface area contributed by atoms with E-state index in [4.69, 9.17) is 0 Å². The zero-order chi connectivity index (χ0) is 15.8. The third-order valence-electron chi connectivity index (χ3n) is 4.24. The number of unbranched alkanes of at least 4 members (excludes halogenated alkanes) is 12. The summed E-state index contributed by atoms with van der Waals surface area (Å²) >= 11 is 0. The second-order valence-electron chi connectivity index (χ2n) is 6.84. The highest BCUT2D eigenvalue weighted by Crippen LogP contribution is 2.12. The van der Waals surface area contributed by atoms with Gasteiger partial charge in [-0.3, -0.25) is 0 Å². The van der Waals surface area contributed by atoms with E-state index in [0.717, 1.165) is 6.42 Å². The summed E-state index contributed by atoms with van der Waals surface area (Å²) in [6, 6.07) is 0. The molecule has 0 aromatic carbocycles. The van der Waals surface area contributed by atoms with Crippen molar-refractivity contribution in [3.63, 3.8) is 0 Å². The Morgan fingerprint density at radius 1 is 0.714 bits per heavy atom. The molecular weight excluding hydrogens is 256 g/mol. The van der Waals surface area contributed by atoms with Gasteiger partial charge in [0.05, 0.1) is 6.10 Å². The Bertz CT molecular complexity index is 220. The van der Waals surface area contributed by atoms with Crippen LogP contribution >= 0.6 is 0 Å². The van der Waals surface area contributed by atoms with Crippen LogP contribution in [0.2, 0.25) is 0 Å². The fourth-order valence-electron chi connectivity index (χ4n) is 2.56. The van der Waals surface area contributed by atoms with Gasteiger partial charge in [-0.15, -0.1) is 0 Å². The average Bonchev–Trinajstić information content (AvgIpc) is 2.47. The minimum Gasteiger partial charge on any atom is -0.389 e. The van der Waals surface area contributed by atoms with Crippen LogP contribution in [-0.4, -0.2) is 11.2 Å². The molecule has 126 valence electrons. The highest BCUT2D eigenvalue weighted by molar-refractivity contribution is 4.89. The Morgan fingerprint density at radius 3 is 1.57 bits per heavy atom. The standard InChI is InChI=1S/C20H40O/c1-4-5-6-7-8-9-10-11-12-13-14-15-16-17-18-20(21)19(2)3/h17-21H,4-16H2,1-3H3/b18-17+/t20-/m1/s1. The number of hydrogen-bond acceptors (Lipinski definition) is 1. The van der Waals surface area contributed by atoms with Gasteiger partial charge in [-0.05, 0) is 18.8 Å². The van der Waals surface area contributed by atoms with Gasteiger partial charge in [0, 0.05) is 0 Å². The van der Waals surface area contributed by atoms with E-state index in [-0.39, 0.29) is 6.10 Å². The van der Waals surface area contributed by atoms with Crippen molar-refractivity contribution in [2.75, 3.05) is 0 Å². The minimum atomic E-state index is -0.262. The number of allylic oxidation sites excluding steroid dienone is 1. The van der Waals surface area contributed by atoms with E-state index in [0.29, 0.717) is 5.92 Å². The first-order valence-corrected chi connectivity index (χ1v) is 9.53. The summed E-state index contributed by atoms with van der Waals surface area (Å²) in [6.07, 6.45) is 21.8. The van der Waals surface area contributed by atoms with Crippen molar-refractivity contribution in [2.45, 2.75) is 110 Å². The highest BCUT2D eigenvalue weighted by Gasteiger charge is 2.02. The molecule has 0 bridgehead atoms. The first kappa shape index (κ1) is 20.7. The molecule has 0 fully saturated rings. The van der Waals surface area contributed by atoms with E-state index in [1.807, 2.05) is 6.08 Å². The Labute approximate surface area is 134 Å². The molecule has 0 saturated heterocycles. The maximum absolute atomic E-state index is 9.63. The molecule has 0 rings (SSSR count). The van der Waals surface area contributed by atoms with Crippen molar-refractivity contribution in [3.05, 3.63) is 12.2 Å². The molecule has 0 unspecified atom stereocenters. The van der Waals surface area contributed by atoms with Crippen LogP contribution in [0.3, 0.4) is 0 Å². The number of aliphatic hydroxyl groups is 1. The van der Waals surface area contributed by atoms with E-state index < -0.39 is 0 Å². The summed E-state index contributed by atoms with van der Waals surface area (Å²) in [5.74, 6) is 0.336. The lowest BCUT2D eigenvalue weighted by atomic mass is 10.0. The third kappa shape index (κ3) is 15.9. The molecule has 0 spiro atoms. The van der Waals surface area contributed by atoms with Crippen molar-refractivity contribution in [1.29, 1.82) is 0 Å². The molecule has 1 nitrogen and oxygen atoms in total. The molecule has 0 aromatic heterocycles. The van der Waals surface area contributed by atoms with Gasteiger partial charge in [0.15, 0.2) is 0 Å². The maximum atomic E-state index is 9.63. The first-order valence-electron chi connectivity index (χ1n) is 9.53. The van der Waals surface area contributed by atoms with Gasteiger partial charge in [0.25, 0.3) is 0 Å². The van der Waals surface area contributed by atoms with Crippen LogP contribution in [0.5, 0.6) is 0 Å². The van der Waals surface area contributed by atoms with Crippen LogP contribution in [0.15, 0.2) is 12.2 Å².